The molecular formula is C8H18N2OS. The van der Waals surface area contributed by atoms with E-state index in [-0.39, 0.29) is 0 Å². The lowest BCUT2D eigenvalue weighted by Gasteiger charge is -2.21. The van der Waals surface area contributed by atoms with E-state index >= 15 is 0 Å². The van der Waals surface area contributed by atoms with Gasteiger partial charge in [0, 0.05) is 11.9 Å². The number of nitrogens with two attached hydrogens (primary N) is 1. The van der Waals surface area contributed by atoms with Crippen LogP contribution < -0.4 is 11.3 Å². The van der Waals surface area contributed by atoms with E-state index in [1.54, 1.807) is 0 Å². The highest BCUT2D eigenvalue weighted by molar-refractivity contribution is 8.00. The molecule has 1 saturated heterocycles. The minimum Gasteiger partial charge on any atom is -0.380 e. The first-order valence-corrected chi connectivity index (χ1v) is 5.58. The van der Waals surface area contributed by atoms with Gasteiger partial charge in [-0.1, -0.05) is 0 Å². The maximum atomic E-state index is 5.45. The van der Waals surface area contributed by atoms with E-state index in [0.29, 0.717) is 11.3 Å². The first-order chi connectivity index (χ1) is 5.88. The molecule has 0 aliphatic carbocycles. The van der Waals surface area contributed by atoms with Gasteiger partial charge in [-0.25, -0.2) is 0 Å². The Kier molecular flexibility index (Phi) is 4.99. The lowest BCUT2D eigenvalue weighted by Crippen LogP contribution is -2.45. The Morgan fingerprint density at radius 1 is 1.75 bits per heavy atom. The van der Waals surface area contributed by atoms with Crippen LogP contribution in [0.2, 0.25) is 0 Å². The molecular weight excluding hydrogens is 172 g/mol. The predicted molar refractivity (Wildman–Crippen MR) is 53.1 cm³/mol. The molecule has 0 radical (unpaired) electrons. The van der Waals surface area contributed by atoms with Crippen molar-refractivity contribution in [3.63, 3.8) is 0 Å². The summed E-state index contributed by atoms with van der Waals surface area (Å²) in [5.74, 6) is 6.72. The van der Waals surface area contributed by atoms with Crippen molar-refractivity contribution in [2.24, 2.45) is 5.84 Å². The highest BCUT2D eigenvalue weighted by atomic mass is 32.2. The van der Waals surface area contributed by atoms with Gasteiger partial charge in [-0.2, -0.15) is 11.8 Å². The zero-order chi connectivity index (χ0) is 8.81. The third kappa shape index (κ3) is 2.94. The first-order valence-electron chi connectivity index (χ1n) is 4.54. The quantitative estimate of drug-likeness (QED) is 0.496. The number of rotatable bonds is 5. The number of hydrogen-bond donors (Lipinski definition) is 2. The van der Waals surface area contributed by atoms with Crippen LogP contribution >= 0.6 is 11.8 Å². The van der Waals surface area contributed by atoms with Crippen LogP contribution in [0.25, 0.3) is 0 Å². The van der Waals surface area contributed by atoms with E-state index < -0.39 is 0 Å². The van der Waals surface area contributed by atoms with Crippen LogP contribution in [-0.4, -0.2) is 30.3 Å². The van der Waals surface area contributed by atoms with Crippen molar-refractivity contribution in [3.05, 3.63) is 0 Å². The van der Waals surface area contributed by atoms with E-state index in [1.165, 1.54) is 18.6 Å². The third-order valence-corrected chi connectivity index (χ3v) is 3.65. The van der Waals surface area contributed by atoms with Crippen molar-refractivity contribution in [2.45, 2.75) is 31.1 Å². The summed E-state index contributed by atoms with van der Waals surface area (Å²) in [6.07, 6.45) is 2.59. The molecule has 2 atom stereocenters. The number of hydrogen-bond acceptors (Lipinski definition) is 4. The lowest BCUT2D eigenvalue weighted by atomic mass is 10.1. The van der Waals surface area contributed by atoms with E-state index in [9.17, 15) is 0 Å². The van der Waals surface area contributed by atoms with Crippen LogP contribution in [0.15, 0.2) is 0 Å². The molecule has 1 aliphatic rings. The molecule has 1 aliphatic heterocycles. The van der Waals surface area contributed by atoms with Gasteiger partial charge in [-0.3, -0.25) is 11.3 Å². The Balaban J connectivity index is 2.22. The molecule has 4 heteroatoms. The number of thioether (sulfide) groups is 1. The van der Waals surface area contributed by atoms with Gasteiger partial charge in [0.2, 0.25) is 0 Å². The molecule has 72 valence electrons. The van der Waals surface area contributed by atoms with Gasteiger partial charge in [-0.05, 0) is 25.5 Å². The highest BCUT2D eigenvalue weighted by Gasteiger charge is 2.24. The van der Waals surface area contributed by atoms with Crippen molar-refractivity contribution in [1.82, 2.24) is 5.43 Å². The zero-order valence-corrected chi connectivity index (χ0v) is 8.40. The maximum absolute atomic E-state index is 5.45. The summed E-state index contributed by atoms with van der Waals surface area (Å²) < 4.78 is 5.34. The fourth-order valence-electron chi connectivity index (χ4n) is 1.43. The molecule has 2 unspecified atom stereocenters. The summed E-state index contributed by atoms with van der Waals surface area (Å²) >= 11 is 2.00. The van der Waals surface area contributed by atoms with Crippen LogP contribution in [0.1, 0.15) is 19.8 Å². The normalized spacial score (nSPS) is 26.0. The lowest BCUT2D eigenvalue weighted by molar-refractivity contribution is 0.121. The Labute approximate surface area is 78.4 Å². The maximum Gasteiger partial charge on any atom is 0.0643 e. The summed E-state index contributed by atoms with van der Waals surface area (Å²) in [4.78, 5) is 0. The van der Waals surface area contributed by atoms with Crippen molar-refractivity contribution in [1.29, 1.82) is 0 Å². The summed E-state index contributed by atoms with van der Waals surface area (Å²) in [6.45, 7) is 3.52. The average molecular weight is 190 g/mol. The number of nitrogens with one attached hydrogen (secondary N) is 1. The van der Waals surface area contributed by atoms with E-state index in [4.69, 9.17) is 10.6 Å². The summed E-state index contributed by atoms with van der Waals surface area (Å²) in [7, 11) is 0. The first kappa shape index (κ1) is 10.3. The molecule has 0 bridgehead atoms. The molecule has 1 heterocycles. The van der Waals surface area contributed by atoms with Crippen molar-refractivity contribution >= 4 is 11.8 Å². The molecule has 1 rings (SSSR count). The summed E-state index contributed by atoms with van der Waals surface area (Å²) in [6, 6.07) is 0.331. The van der Waals surface area contributed by atoms with E-state index in [1.807, 2.05) is 18.7 Å². The molecule has 0 aromatic rings. The Morgan fingerprint density at radius 3 is 3.08 bits per heavy atom. The van der Waals surface area contributed by atoms with Crippen molar-refractivity contribution < 1.29 is 4.74 Å². The Bertz CT molecular complexity index is 118. The van der Waals surface area contributed by atoms with Gasteiger partial charge in [0.25, 0.3) is 0 Å². The van der Waals surface area contributed by atoms with E-state index in [0.717, 1.165) is 13.2 Å². The fraction of sp³-hybridized carbons (Fsp3) is 1.00. The summed E-state index contributed by atoms with van der Waals surface area (Å²) in [5.41, 5.74) is 2.83. The monoisotopic (exact) mass is 190 g/mol. The largest absolute Gasteiger partial charge is 0.380 e. The SMILES string of the molecule is CCOCC(NN)C1CCCS1. The van der Waals surface area contributed by atoms with Gasteiger partial charge < -0.3 is 4.74 Å². The minimum atomic E-state index is 0.331. The highest BCUT2D eigenvalue weighted by Crippen LogP contribution is 2.28. The number of ether oxygens (including phenoxy) is 1. The van der Waals surface area contributed by atoms with Crippen LogP contribution in [-0.2, 0) is 4.74 Å². The van der Waals surface area contributed by atoms with Gasteiger partial charge in [0.15, 0.2) is 0 Å². The smallest absolute Gasteiger partial charge is 0.0643 e. The van der Waals surface area contributed by atoms with Crippen molar-refractivity contribution in [2.75, 3.05) is 19.0 Å². The van der Waals surface area contributed by atoms with Crippen molar-refractivity contribution in [3.8, 4) is 0 Å². The topological polar surface area (TPSA) is 47.3 Å². The molecule has 0 amide bonds. The molecule has 0 saturated carbocycles. The molecule has 1 fully saturated rings. The summed E-state index contributed by atoms with van der Waals surface area (Å²) in [5, 5.41) is 0.654. The molecule has 0 aromatic heterocycles. The minimum absolute atomic E-state index is 0.331. The number of hydrazine groups is 1. The molecule has 0 aromatic carbocycles. The second-order valence-corrected chi connectivity index (χ2v) is 4.33. The molecule has 3 nitrogen and oxygen atoms in total. The van der Waals surface area contributed by atoms with Gasteiger partial charge in [0.1, 0.15) is 0 Å². The van der Waals surface area contributed by atoms with Crippen LogP contribution in [0.4, 0.5) is 0 Å². The average Bonchev–Trinajstić information content (AvgIpc) is 2.59. The van der Waals surface area contributed by atoms with Gasteiger partial charge in [-0.15, -0.1) is 0 Å². The zero-order valence-electron chi connectivity index (χ0n) is 7.58. The Morgan fingerprint density at radius 2 is 2.58 bits per heavy atom. The predicted octanol–water partition coefficient (Wildman–Crippen LogP) is 0.750. The third-order valence-electron chi connectivity index (χ3n) is 2.13. The standard InChI is InChI=1S/C8H18N2OS/c1-2-11-6-7(10-9)8-4-3-5-12-8/h7-8,10H,2-6,9H2,1H3. The van der Waals surface area contributed by atoms with Gasteiger partial charge in [0.05, 0.1) is 12.6 Å². The molecule has 3 N–H and O–H groups in total. The second-order valence-electron chi connectivity index (χ2n) is 2.98. The van der Waals surface area contributed by atoms with Crippen LogP contribution in [0.3, 0.4) is 0 Å². The molecule has 12 heavy (non-hydrogen) atoms. The Hall–Kier alpha value is 0.230. The van der Waals surface area contributed by atoms with E-state index in [2.05, 4.69) is 5.43 Å². The van der Waals surface area contributed by atoms with Gasteiger partial charge >= 0.3 is 0 Å². The van der Waals surface area contributed by atoms with Crippen LogP contribution in [0, 0.1) is 0 Å². The van der Waals surface area contributed by atoms with Crippen LogP contribution in [0.5, 0.6) is 0 Å². The second kappa shape index (κ2) is 5.80. The fourth-order valence-corrected chi connectivity index (χ4v) is 2.79. The molecule has 0 spiro atoms.